The summed E-state index contributed by atoms with van der Waals surface area (Å²) in [5, 5.41) is 30.7. The Morgan fingerprint density at radius 1 is 0.421 bits per heavy atom. The van der Waals surface area contributed by atoms with Crippen LogP contribution in [0.4, 0.5) is 65.9 Å². The molecule has 22 nitrogen and oxygen atoms in total. The van der Waals surface area contributed by atoms with Gasteiger partial charge in [0.25, 0.3) is 29.5 Å². The Balaban J connectivity index is 0.000000178. The highest BCUT2D eigenvalue weighted by Crippen LogP contribution is 2.41. The maximum absolute atomic E-state index is 12.9. The van der Waals surface area contributed by atoms with Gasteiger partial charge in [0.1, 0.15) is 62.7 Å². The third kappa shape index (κ3) is 28.0. The average molecular weight is 1870 g/mol. The molecule has 0 radical (unpaired) electrons. The van der Waals surface area contributed by atoms with Crippen LogP contribution in [0.3, 0.4) is 0 Å². The van der Waals surface area contributed by atoms with Gasteiger partial charge in [-0.1, -0.05) is 94.3 Å². The van der Waals surface area contributed by atoms with Gasteiger partial charge >= 0.3 is 30.9 Å². The summed E-state index contributed by atoms with van der Waals surface area (Å²) in [7, 11) is 9.56. The van der Waals surface area contributed by atoms with E-state index >= 15 is 0 Å². The Bertz CT molecular complexity index is 5580. The van der Waals surface area contributed by atoms with E-state index < -0.39 is 59.4 Å². The van der Waals surface area contributed by atoms with E-state index in [9.17, 15) is 89.8 Å². The molecule has 1 aliphatic rings. The number of methoxy groups -OCH3 is 1. The van der Waals surface area contributed by atoms with Crippen molar-refractivity contribution in [1.29, 1.82) is 0 Å². The number of aryl methyl sites for hydroxylation is 6. The predicted octanol–water partition coefficient (Wildman–Crippen LogP) is 20.9. The summed E-state index contributed by atoms with van der Waals surface area (Å²) in [6.07, 6.45) is -11.8. The number of alkyl halides is 15. The van der Waals surface area contributed by atoms with E-state index in [0.29, 0.717) is 88.1 Å². The van der Waals surface area contributed by atoms with Gasteiger partial charge in [-0.3, -0.25) is 47.4 Å². The van der Waals surface area contributed by atoms with Crippen LogP contribution in [0.5, 0.6) is 5.75 Å². The van der Waals surface area contributed by atoms with Crippen molar-refractivity contribution >= 4 is 86.2 Å². The number of carbonyl (C=O) groups excluding carboxylic acids is 5. The van der Waals surface area contributed by atoms with Crippen LogP contribution < -0.4 is 26.0 Å². The van der Waals surface area contributed by atoms with Crippen LogP contribution in [-0.4, -0.2) is 130 Å². The number of thiophene rings is 5. The molecule has 11 heterocycles. The third-order valence-corrected chi connectivity index (χ3v) is 24.5. The molecule has 12 aromatic rings. The molecule has 1 atom stereocenters. The molecule has 10 aromatic heterocycles. The number of nitrogens with one attached hydrogen (secondary N) is 4. The van der Waals surface area contributed by atoms with Gasteiger partial charge in [0, 0.05) is 81.6 Å². The number of rotatable bonds is 27. The maximum atomic E-state index is 12.9. The van der Waals surface area contributed by atoms with E-state index in [-0.39, 0.29) is 64.1 Å². The van der Waals surface area contributed by atoms with Crippen LogP contribution in [0.15, 0.2) is 140 Å². The van der Waals surface area contributed by atoms with Crippen molar-refractivity contribution < 1.29 is 99.3 Å². The Morgan fingerprint density at radius 3 is 1.04 bits per heavy atom. The molecule has 5 amide bonds. The molecule has 13 rings (SSSR count). The molecular formula is C84H90F15N15O7S5. The average Bonchev–Trinajstić information content (AvgIpc) is 1.68. The van der Waals surface area contributed by atoms with Gasteiger partial charge in [-0.25, -0.2) is 0 Å². The molecule has 4 N–H and O–H groups in total. The van der Waals surface area contributed by atoms with Crippen molar-refractivity contribution in [2.45, 2.75) is 135 Å². The van der Waals surface area contributed by atoms with Gasteiger partial charge in [-0.05, 0) is 147 Å². The van der Waals surface area contributed by atoms with E-state index in [2.05, 4.69) is 60.6 Å². The number of hydrogen-bond acceptors (Lipinski definition) is 17. The number of hydrogen-bond donors (Lipinski definition) is 4. The lowest BCUT2D eigenvalue weighted by Gasteiger charge is -2.15. The molecule has 1 saturated heterocycles. The minimum absolute atomic E-state index is 0.0403. The van der Waals surface area contributed by atoms with E-state index in [1.807, 2.05) is 43.3 Å². The van der Waals surface area contributed by atoms with Crippen LogP contribution in [-0.2, 0) is 83.9 Å². The number of amides is 5. The van der Waals surface area contributed by atoms with E-state index in [4.69, 9.17) is 9.47 Å². The molecule has 126 heavy (non-hydrogen) atoms. The van der Waals surface area contributed by atoms with Gasteiger partial charge in [0.05, 0.1) is 62.0 Å². The van der Waals surface area contributed by atoms with Gasteiger partial charge < -0.3 is 35.6 Å². The summed E-state index contributed by atoms with van der Waals surface area (Å²) in [6, 6.07) is 36.1. The fourth-order valence-electron chi connectivity index (χ4n) is 12.2. The monoisotopic (exact) mass is 1870 g/mol. The molecule has 1 fully saturated rings. The van der Waals surface area contributed by atoms with Gasteiger partial charge in [0.15, 0.2) is 0 Å². The highest BCUT2D eigenvalue weighted by molar-refractivity contribution is 7.18. The largest absolute Gasteiger partial charge is 0.497 e. The Morgan fingerprint density at radius 2 is 0.730 bits per heavy atom. The molecule has 0 spiro atoms. The van der Waals surface area contributed by atoms with Crippen LogP contribution in [0.2, 0.25) is 0 Å². The maximum Gasteiger partial charge on any atom is 0.433 e. The number of halogens is 15. The number of carbonyl (C=O) groups is 5. The summed E-state index contributed by atoms with van der Waals surface area (Å²) < 4.78 is 207. The zero-order valence-electron chi connectivity index (χ0n) is 69.7. The Kier molecular flexibility index (Phi) is 34.5. The Hall–Kier alpha value is -11.0. The summed E-state index contributed by atoms with van der Waals surface area (Å²) in [4.78, 5) is 67.6. The minimum atomic E-state index is -4.48. The molecule has 0 aliphatic carbocycles. The molecule has 0 saturated carbocycles. The predicted molar refractivity (Wildman–Crippen MR) is 453 cm³/mol. The summed E-state index contributed by atoms with van der Waals surface area (Å²) >= 11 is 5.62. The first-order valence-corrected chi connectivity index (χ1v) is 43.3. The van der Waals surface area contributed by atoms with Crippen LogP contribution >= 0.6 is 56.7 Å². The van der Waals surface area contributed by atoms with Crippen molar-refractivity contribution in [2.24, 2.45) is 35.2 Å². The quantitative estimate of drug-likeness (QED) is 0.0277. The minimum Gasteiger partial charge on any atom is -0.497 e. The molecule has 0 bridgehead atoms. The van der Waals surface area contributed by atoms with Gasteiger partial charge in [0.2, 0.25) is 0 Å². The number of unbranched alkanes of at least 4 members (excludes halogenated alkanes) is 6. The van der Waals surface area contributed by atoms with Crippen LogP contribution in [0, 0.1) is 6.92 Å². The molecule has 2 aromatic carbocycles. The van der Waals surface area contributed by atoms with E-state index in [0.717, 1.165) is 197 Å². The smallest absolute Gasteiger partial charge is 0.433 e. The summed E-state index contributed by atoms with van der Waals surface area (Å²) in [6.45, 7) is 9.38. The molecule has 42 heteroatoms. The fourth-order valence-corrected chi connectivity index (χ4v) is 16.7. The standard InChI is InChI=1S/C18H16F3N3O2S.C18H16F3N3OS.C17H22F3N3OS.C16H20F3N3OS.C15H16F3N3O2S/c1-24-16(18(19,20)21)9-13(23-24)14-7-8-15(27-14)17(25)22-10-11-3-5-12(26-2)6-4-11;1-11-3-5-12(6-4-11)10-22-17(25)15-8-7-14(26-15)13-9-16(18(19,20)21)24(2)23-13;1-4-5-6-7-10-22(2)16(24)14-9-8-13(25-14)12-11-15(17(18,19)20)23(3)21-12;1-3-4-5-6-9-20-15(23)13-8-7-12(24-13)11-10-14(16(17,18)19)22(2)21-11;1-21-13(15(16,17)18)7-10(20-21)11-4-5-12(24-11)14(22)19-8-9-3-2-6-23-9/h3-9H,10H2,1-2H3,(H,22,25);3-9H,10H2,1-2H3,(H,22,25);8-9,11H,4-7,10H2,1-3H3;7-8,10H,3-6,9H2,1-2H3,(H,20,23);4-5,7,9H,2-3,6,8H2,1H3,(H,19,22). The zero-order valence-corrected chi connectivity index (χ0v) is 73.7. The van der Waals surface area contributed by atoms with E-state index in [1.54, 1.807) is 91.9 Å². The number of benzene rings is 2. The lowest BCUT2D eigenvalue weighted by molar-refractivity contribution is -0.144. The molecule has 1 aliphatic heterocycles. The molecule has 678 valence electrons. The lowest BCUT2D eigenvalue weighted by Crippen LogP contribution is -2.31. The highest BCUT2D eigenvalue weighted by Gasteiger charge is 2.40. The molecule has 1 unspecified atom stereocenters. The SMILES string of the molecule is CCCCCCN(C)C(=O)c1ccc(-c2cc(C(F)(F)F)n(C)n2)s1.CCCCCCNC(=O)c1ccc(-c2cc(C(F)(F)F)n(C)n2)s1.COc1ccc(CNC(=O)c2ccc(-c3cc(C(F)(F)F)n(C)n3)s2)cc1.Cc1ccc(CNC(=O)c2ccc(-c3cc(C(F)(F)F)n(C)n3)s2)cc1.Cn1nc(-c2ccc(C(=O)NCC3CCCO3)s2)cc1C(F)(F)F. The Labute approximate surface area is 734 Å². The number of nitrogens with zero attached hydrogens (tertiary/aromatic N) is 11. The van der Waals surface area contributed by atoms with Gasteiger partial charge in [-0.2, -0.15) is 91.3 Å². The van der Waals surface area contributed by atoms with Crippen molar-refractivity contribution in [1.82, 2.24) is 75.1 Å². The topological polar surface area (TPSA) is 244 Å². The first kappa shape index (κ1) is 98.8. The van der Waals surface area contributed by atoms with Crippen molar-refractivity contribution in [3.05, 3.63) is 209 Å². The first-order chi connectivity index (χ1) is 59.4. The first-order valence-electron chi connectivity index (χ1n) is 39.2. The fraction of sp³-hybridized carbons (Fsp3) is 0.381. The van der Waals surface area contributed by atoms with Crippen LogP contribution in [0.25, 0.3) is 52.9 Å². The second-order valence-electron chi connectivity index (χ2n) is 28.6. The van der Waals surface area contributed by atoms with Crippen molar-refractivity contribution in [2.75, 3.05) is 40.4 Å². The third-order valence-electron chi connectivity index (χ3n) is 19.0. The second-order valence-corrected chi connectivity index (χ2v) is 34.1. The lowest BCUT2D eigenvalue weighted by atomic mass is 10.1. The van der Waals surface area contributed by atoms with Crippen LogP contribution in [0.1, 0.15) is 172 Å². The molecular weight excluding hydrogens is 1780 g/mol. The summed E-state index contributed by atoms with van der Waals surface area (Å²) in [5.74, 6) is -0.410. The van der Waals surface area contributed by atoms with Crippen molar-refractivity contribution in [3.63, 3.8) is 0 Å². The van der Waals surface area contributed by atoms with Crippen molar-refractivity contribution in [3.8, 4) is 58.6 Å². The number of aromatic nitrogens is 10. The second kappa shape index (κ2) is 44.0. The van der Waals surface area contributed by atoms with E-state index in [1.165, 1.54) is 35.2 Å². The highest BCUT2D eigenvalue weighted by atomic mass is 32.1. The summed E-state index contributed by atoms with van der Waals surface area (Å²) in [5.41, 5.74) is -0.0688. The normalized spacial score (nSPS) is 12.8. The number of ether oxygens (including phenoxy) is 2. The zero-order chi connectivity index (χ0) is 92.2. The van der Waals surface area contributed by atoms with Gasteiger partial charge in [-0.15, -0.1) is 56.7 Å².